The molecule has 1 atom stereocenters. The first kappa shape index (κ1) is 14.2. The fraction of sp³-hybridized carbons (Fsp3) is 0.562. The van der Waals surface area contributed by atoms with Gasteiger partial charge < -0.3 is 19.7 Å². The van der Waals surface area contributed by atoms with Crippen molar-refractivity contribution in [2.24, 2.45) is 0 Å². The minimum absolute atomic E-state index is 0.0470. The van der Waals surface area contributed by atoms with Gasteiger partial charge in [-0.05, 0) is 25.0 Å². The lowest BCUT2D eigenvalue weighted by Crippen LogP contribution is -2.48. The zero-order valence-electron chi connectivity index (χ0n) is 12.4. The summed E-state index contributed by atoms with van der Waals surface area (Å²) in [5, 5.41) is 3.54. The lowest BCUT2D eigenvalue weighted by molar-refractivity contribution is -0.129. The number of carbonyl (C=O) groups is 1. The van der Waals surface area contributed by atoms with Gasteiger partial charge in [0.25, 0.3) is 0 Å². The van der Waals surface area contributed by atoms with E-state index in [1.54, 1.807) is 6.92 Å². The van der Waals surface area contributed by atoms with Gasteiger partial charge in [0.1, 0.15) is 12.7 Å². The van der Waals surface area contributed by atoms with E-state index in [4.69, 9.17) is 9.47 Å². The predicted molar refractivity (Wildman–Crippen MR) is 79.6 cm³/mol. The number of nitrogens with zero attached hydrogens (tertiary/aromatic N) is 1. The van der Waals surface area contributed by atoms with E-state index in [2.05, 4.69) is 5.32 Å². The van der Waals surface area contributed by atoms with Crippen LogP contribution in [0.3, 0.4) is 0 Å². The molecule has 5 heteroatoms. The number of nitrogens with one attached hydrogen (secondary N) is 1. The Morgan fingerprint density at radius 2 is 2.00 bits per heavy atom. The molecule has 1 aromatic rings. The van der Waals surface area contributed by atoms with Crippen molar-refractivity contribution in [2.45, 2.75) is 31.9 Å². The second kappa shape index (κ2) is 6.35. The summed E-state index contributed by atoms with van der Waals surface area (Å²) in [6, 6.07) is 8.23. The van der Waals surface area contributed by atoms with E-state index in [0.717, 1.165) is 44.0 Å². The van der Waals surface area contributed by atoms with Crippen molar-refractivity contribution in [3.05, 3.63) is 24.3 Å². The van der Waals surface area contributed by atoms with Crippen LogP contribution < -0.4 is 14.8 Å². The molecule has 5 nitrogen and oxygen atoms in total. The zero-order chi connectivity index (χ0) is 14.7. The number of hydrogen-bond donors (Lipinski definition) is 1. The molecule has 0 aliphatic carbocycles. The number of rotatable bonds is 3. The molecule has 1 unspecified atom stereocenters. The van der Waals surface area contributed by atoms with Gasteiger partial charge in [0.2, 0.25) is 5.91 Å². The molecule has 1 aromatic carbocycles. The number of piperidine rings is 1. The first-order valence-electron chi connectivity index (χ1n) is 7.60. The number of likely N-dealkylation sites (tertiary alicyclic amines) is 1. The van der Waals surface area contributed by atoms with E-state index in [1.165, 1.54) is 0 Å². The van der Waals surface area contributed by atoms with E-state index < -0.39 is 0 Å². The van der Waals surface area contributed by atoms with Gasteiger partial charge in [-0.1, -0.05) is 12.1 Å². The highest BCUT2D eigenvalue weighted by Gasteiger charge is 2.24. The van der Waals surface area contributed by atoms with Gasteiger partial charge in [-0.2, -0.15) is 0 Å². The summed E-state index contributed by atoms with van der Waals surface area (Å²) in [7, 11) is 0. The third-order valence-electron chi connectivity index (χ3n) is 4.14. The average Bonchev–Trinajstić information content (AvgIpc) is 2.53. The molecule has 0 bridgehead atoms. The van der Waals surface area contributed by atoms with Crippen LogP contribution in [0, 0.1) is 0 Å². The molecule has 0 saturated carbocycles. The van der Waals surface area contributed by atoms with Crippen LogP contribution in [-0.2, 0) is 4.79 Å². The molecule has 114 valence electrons. The van der Waals surface area contributed by atoms with Gasteiger partial charge in [-0.15, -0.1) is 0 Å². The number of benzene rings is 1. The fourth-order valence-corrected chi connectivity index (χ4v) is 2.86. The molecule has 21 heavy (non-hydrogen) atoms. The zero-order valence-corrected chi connectivity index (χ0v) is 12.4. The van der Waals surface area contributed by atoms with Crippen LogP contribution in [0.15, 0.2) is 24.3 Å². The lowest BCUT2D eigenvalue weighted by atomic mass is 10.0. The minimum atomic E-state index is 0.0470. The largest absolute Gasteiger partial charge is 0.486 e. The van der Waals surface area contributed by atoms with E-state index >= 15 is 0 Å². The quantitative estimate of drug-likeness (QED) is 0.915. The molecular weight excluding hydrogens is 268 g/mol. The Bertz CT molecular complexity index is 498. The van der Waals surface area contributed by atoms with Gasteiger partial charge in [0.05, 0.1) is 0 Å². The topological polar surface area (TPSA) is 50.8 Å². The van der Waals surface area contributed by atoms with Crippen LogP contribution in [-0.4, -0.2) is 49.2 Å². The Kier molecular flexibility index (Phi) is 4.29. The van der Waals surface area contributed by atoms with Gasteiger partial charge in [-0.25, -0.2) is 0 Å². The van der Waals surface area contributed by atoms with Crippen molar-refractivity contribution < 1.29 is 14.3 Å². The number of amides is 1. The number of carbonyl (C=O) groups excluding carboxylic acids is 1. The molecule has 0 spiro atoms. The highest BCUT2D eigenvalue weighted by atomic mass is 16.6. The van der Waals surface area contributed by atoms with Crippen LogP contribution in [0.5, 0.6) is 11.5 Å². The number of hydrogen-bond acceptors (Lipinski definition) is 4. The third kappa shape index (κ3) is 3.47. The van der Waals surface area contributed by atoms with Crippen LogP contribution in [0.2, 0.25) is 0 Å². The Hall–Kier alpha value is -1.75. The highest BCUT2D eigenvalue weighted by Crippen LogP contribution is 2.30. The maximum Gasteiger partial charge on any atom is 0.219 e. The Morgan fingerprint density at radius 1 is 1.29 bits per heavy atom. The van der Waals surface area contributed by atoms with Crippen molar-refractivity contribution in [1.82, 2.24) is 10.2 Å². The van der Waals surface area contributed by atoms with Gasteiger partial charge >= 0.3 is 0 Å². The van der Waals surface area contributed by atoms with E-state index in [9.17, 15) is 4.79 Å². The summed E-state index contributed by atoms with van der Waals surface area (Å²) in [5.74, 6) is 1.82. The second-order valence-corrected chi connectivity index (χ2v) is 5.69. The highest BCUT2D eigenvalue weighted by molar-refractivity contribution is 5.73. The van der Waals surface area contributed by atoms with Crippen molar-refractivity contribution in [3.8, 4) is 11.5 Å². The monoisotopic (exact) mass is 290 g/mol. The molecular formula is C16H22N2O3. The minimum Gasteiger partial charge on any atom is -0.486 e. The molecule has 2 aliphatic rings. The van der Waals surface area contributed by atoms with Crippen molar-refractivity contribution >= 4 is 5.91 Å². The summed E-state index contributed by atoms with van der Waals surface area (Å²) in [4.78, 5) is 13.2. The second-order valence-electron chi connectivity index (χ2n) is 5.69. The molecule has 2 heterocycles. The number of ether oxygens (including phenoxy) is 2. The maximum atomic E-state index is 11.3. The van der Waals surface area contributed by atoms with E-state index in [-0.39, 0.29) is 12.0 Å². The molecule has 2 aliphatic heterocycles. The normalized spacial score (nSPS) is 22.1. The molecule has 1 N–H and O–H groups in total. The molecule has 3 rings (SSSR count). The standard InChI is InChI=1S/C16H22N2O3/c1-12(19)18-8-6-13(7-9-18)17-10-14-11-20-15-4-2-3-5-16(15)21-14/h2-5,13-14,17H,6-11H2,1H3. The van der Waals surface area contributed by atoms with Crippen LogP contribution in [0.1, 0.15) is 19.8 Å². The van der Waals surface area contributed by atoms with Crippen molar-refractivity contribution in [1.29, 1.82) is 0 Å². The first-order valence-corrected chi connectivity index (χ1v) is 7.60. The number of para-hydroxylation sites is 2. The first-order chi connectivity index (χ1) is 10.2. The van der Waals surface area contributed by atoms with Crippen molar-refractivity contribution in [3.63, 3.8) is 0 Å². The third-order valence-corrected chi connectivity index (χ3v) is 4.14. The van der Waals surface area contributed by atoms with Crippen molar-refractivity contribution in [2.75, 3.05) is 26.2 Å². The molecule has 0 aromatic heterocycles. The summed E-state index contributed by atoms with van der Waals surface area (Å²) >= 11 is 0. The summed E-state index contributed by atoms with van der Waals surface area (Å²) in [6.07, 6.45) is 2.05. The summed E-state index contributed by atoms with van der Waals surface area (Å²) in [5.41, 5.74) is 0. The van der Waals surface area contributed by atoms with Crippen LogP contribution in [0.25, 0.3) is 0 Å². The summed E-state index contributed by atoms with van der Waals surface area (Å²) < 4.78 is 11.6. The van der Waals surface area contributed by atoms with Gasteiger partial charge in [0, 0.05) is 32.6 Å². The summed E-state index contributed by atoms with van der Waals surface area (Å²) in [6.45, 7) is 4.68. The molecule has 1 fully saturated rings. The van der Waals surface area contributed by atoms with E-state index in [0.29, 0.717) is 12.6 Å². The Labute approximate surface area is 125 Å². The average molecular weight is 290 g/mol. The van der Waals surface area contributed by atoms with E-state index in [1.807, 2.05) is 29.2 Å². The Morgan fingerprint density at radius 3 is 2.71 bits per heavy atom. The SMILES string of the molecule is CC(=O)N1CCC(NCC2COc3ccccc3O2)CC1. The lowest BCUT2D eigenvalue weighted by Gasteiger charge is -2.33. The van der Waals surface area contributed by atoms with Crippen LogP contribution in [0.4, 0.5) is 0 Å². The maximum absolute atomic E-state index is 11.3. The number of fused-ring (bicyclic) bond motifs is 1. The smallest absolute Gasteiger partial charge is 0.219 e. The molecule has 1 saturated heterocycles. The Balaban J connectivity index is 1.44. The fourth-order valence-electron chi connectivity index (χ4n) is 2.86. The predicted octanol–water partition coefficient (Wildman–Crippen LogP) is 1.43. The molecule has 1 amide bonds. The van der Waals surface area contributed by atoms with Crippen LogP contribution >= 0.6 is 0 Å². The van der Waals surface area contributed by atoms with Gasteiger partial charge in [0.15, 0.2) is 11.5 Å². The van der Waals surface area contributed by atoms with Gasteiger partial charge in [-0.3, -0.25) is 4.79 Å². The molecule has 0 radical (unpaired) electrons.